The van der Waals surface area contributed by atoms with Gasteiger partial charge in [-0.25, -0.2) is 26.7 Å². The first-order chi connectivity index (χ1) is 9.28. The lowest BCUT2D eigenvalue weighted by Crippen LogP contribution is -2.26. The molecule has 0 aliphatic heterocycles. The lowest BCUT2D eigenvalue weighted by molar-refractivity contribution is 0.579. The molecule has 0 atom stereocenters. The van der Waals surface area contributed by atoms with E-state index in [9.17, 15) is 16.8 Å². The minimum absolute atomic E-state index is 0.0301. The molecule has 0 heterocycles. The van der Waals surface area contributed by atoms with Gasteiger partial charge in [0, 0.05) is 16.7 Å². The minimum Gasteiger partial charge on any atom is -0.229 e. The van der Waals surface area contributed by atoms with E-state index in [1.165, 1.54) is 17.8 Å². The van der Waals surface area contributed by atoms with E-state index in [0.29, 0.717) is 4.90 Å². The van der Waals surface area contributed by atoms with Crippen LogP contribution in [-0.4, -0.2) is 34.4 Å². The Labute approximate surface area is 123 Å². The van der Waals surface area contributed by atoms with Gasteiger partial charge in [0.25, 0.3) is 0 Å². The molecule has 0 bridgehead atoms. The molecule has 0 aromatic heterocycles. The van der Waals surface area contributed by atoms with Crippen molar-refractivity contribution in [1.29, 1.82) is 0 Å². The van der Waals surface area contributed by atoms with Gasteiger partial charge in [-0.05, 0) is 25.0 Å². The van der Waals surface area contributed by atoms with Gasteiger partial charge < -0.3 is 0 Å². The smallest absolute Gasteiger partial charge is 0.229 e. The summed E-state index contributed by atoms with van der Waals surface area (Å²) in [5, 5.41) is 4.93. The molecule has 20 heavy (non-hydrogen) atoms. The molecule has 1 fully saturated rings. The molecule has 1 aliphatic carbocycles. The van der Waals surface area contributed by atoms with Crippen molar-refractivity contribution in [3.05, 3.63) is 24.3 Å². The van der Waals surface area contributed by atoms with Crippen molar-refractivity contribution in [1.82, 2.24) is 4.72 Å². The van der Waals surface area contributed by atoms with Crippen molar-refractivity contribution in [2.75, 3.05) is 11.5 Å². The number of nitrogens with two attached hydrogens (primary N) is 1. The van der Waals surface area contributed by atoms with Crippen LogP contribution in [0.5, 0.6) is 0 Å². The molecule has 2 rings (SSSR count). The highest BCUT2D eigenvalue weighted by Gasteiger charge is 2.29. The number of rotatable bonds is 7. The Morgan fingerprint density at radius 3 is 2.45 bits per heavy atom. The number of hydrogen-bond acceptors (Lipinski definition) is 5. The third-order valence-corrected chi connectivity index (χ3v) is 6.48. The Morgan fingerprint density at radius 1 is 1.20 bits per heavy atom. The van der Waals surface area contributed by atoms with Crippen molar-refractivity contribution in [2.24, 2.45) is 5.14 Å². The fourth-order valence-corrected chi connectivity index (χ4v) is 5.31. The van der Waals surface area contributed by atoms with Crippen molar-refractivity contribution >= 4 is 31.8 Å². The van der Waals surface area contributed by atoms with E-state index in [-0.39, 0.29) is 22.4 Å². The van der Waals surface area contributed by atoms with Crippen LogP contribution in [0.4, 0.5) is 0 Å². The largest absolute Gasteiger partial charge is 0.241 e. The first-order valence-corrected chi connectivity index (χ1v) is 10.2. The molecule has 112 valence electrons. The first kappa shape index (κ1) is 15.8. The second-order valence-corrected chi connectivity index (χ2v) is 9.11. The Kier molecular flexibility index (Phi) is 4.75. The Bertz CT molecular complexity index is 681. The Balaban J connectivity index is 2.13. The average molecular weight is 336 g/mol. The van der Waals surface area contributed by atoms with Gasteiger partial charge >= 0.3 is 0 Å². The maximum atomic E-state index is 12.2. The quantitative estimate of drug-likeness (QED) is 0.706. The second kappa shape index (κ2) is 6.02. The summed E-state index contributed by atoms with van der Waals surface area (Å²) >= 11 is 1.17. The van der Waals surface area contributed by atoms with Crippen molar-refractivity contribution in [2.45, 2.75) is 28.7 Å². The Morgan fingerprint density at radius 2 is 1.85 bits per heavy atom. The van der Waals surface area contributed by atoms with E-state index in [1.807, 2.05) is 0 Å². The SMILES string of the molecule is NS(=O)(=O)CCSc1ccccc1S(=O)(=O)NC1CC1. The van der Waals surface area contributed by atoms with Gasteiger partial charge in [0.05, 0.1) is 10.6 Å². The fraction of sp³-hybridized carbons (Fsp3) is 0.455. The Hall–Kier alpha value is -0.610. The van der Waals surface area contributed by atoms with Crippen LogP contribution in [0.3, 0.4) is 0 Å². The van der Waals surface area contributed by atoms with Gasteiger partial charge in [-0.3, -0.25) is 0 Å². The molecule has 6 nitrogen and oxygen atoms in total. The molecule has 3 N–H and O–H groups in total. The summed E-state index contributed by atoms with van der Waals surface area (Å²) < 4.78 is 48.8. The highest BCUT2D eigenvalue weighted by Crippen LogP contribution is 2.28. The lowest BCUT2D eigenvalue weighted by Gasteiger charge is -2.10. The zero-order valence-electron chi connectivity index (χ0n) is 10.7. The summed E-state index contributed by atoms with van der Waals surface area (Å²) in [6.45, 7) is 0. The predicted molar refractivity (Wildman–Crippen MR) is 78.5 cm³/mol. The minimum atomic E-state index is -3.55. The van der Waals surface area contributed by atoms with Crippen LogP contribution in [0.15, 0.2) is 34.1 Å². The zero-order chi connectivity index (χ0) is 14.8. The summed E-state index contributed by atoms with van der Waals surface area (Å²) in [7, 11) is -7.08. The summed E-state index contributed by atoms with van der Waals surface area (Å²) in [6.07, 6.45) is 1.72. The predicted octanol–water partition coefficient (Wildman–Crippen LogP) is 0.508. The van der Waals surface area contributed by atoms with Crippen molar-refractivity contribution in [3.63, 3.8) is 0 Å². The van der Waals surface area contributed by atoms with E-state index in [2.05, 4.69) is 4.72 Å². The maximum Gasteiger partial charge on any atom is 0.241 e. The van der Waals surface area contributed by atoms with E-state index in [0.717, 1.165) is 12.8 Å². The molecule has 0 saturated heterocycles. The summed E-state index contributed by atoms with van der Waals surface area (Å²) in [6, 6.07) is 6.57. The van der Waals surface area contributed by atoms with Crippen LogP contribution >= 0.6 is 11.8 Å². The molecule has 1 aromatic rings. The van der Waals surface area contributed by atoms with Gasteiger partial charge in [0.2, 0.25) is 20.0 Å². The zero-order valence-corrected chi connectivity index (χ0v) is 13.1. The van der Waals surface area contributed by atoms with Gasteiger partial charge in [0.1, 0.15) is 0 Å². The molecule has 1 aromatic carbocycles. The summed E-state index contributed by atoms with van der Waals surface area (Å²) in [5.41, 5.74) is 0. The number of primary sulfonamides is 1. The molecule has 9 heteroatoms. The third kappa shape index (κ3) is 4.74. The number of hydrogen-bond donors (Lipinski definition) is 2. The lowest BCUT2D eigenvalue weighted by atomic mass is 10.4. The molecule has 1 aliphatic rings. The summed E-state index contributed by atoms with van der Waals surface area (Å²) in [4.78, 5) is 0.718. The van der Waals surface area contributed by atoms with Crippen LogP contribution in [0.25, 0.3) is 0 Å². The van der Waals surface area contributed by atoms with Crippen LogP contribution in [0, 0.1) is 0 Å². The molecule has 0 unspecified atom stereocenters. The maximum absolute atomic E-state index is 12.2. The first-order valence-electron chi connectivity index (χ1n) is 6.02. The highest BCUT2D eigenvalue weighted by atomic mass is 32.2. The number of nitrogens with one attached hydrogen (secondary N) is 1. The average Bonchev–Trinajstić information content (AvgIpc) is 3.11. The van der Waals surface area contributed by atoms with Crippen LogP contribution in [-0.2, 0) is 20.0 Å². The van der Waals surface area contributed by atoms with Crippen LogP contribution < -0.4 is 9.86 Å². The van der Waals surface area contributed by atoms with Crippen LogP contribution in [0.2, 0.25) is 0 Å². The molecule has 0 radical (unpaired) electrons. The standard InChI is InChI=1S/C11H16N2O4S3/c12-19(14,15)8-7-18-10-3-1-2-4-11(10)20(16,17)13-9-5-6-9/h1-4,9,13H,5-8H2,(H2,12,14,15). The molecular weight excluding hydrogens is 320 g/mol. The van der Waals surface area contributed by atoms with E-state index >= 15 is 0 Å². The van der Waals surface area contributed by atoms with Gasteiger partial charge in [-0.1, -0.05) is 12.1 Å². The number of sulfonamides is 2. The van der Waals surface area contributed by atoms with Gasteiger partial charge in [0.15, 0.2) is 0 Å². The summed E-state index contributed by atoms with van der Waals surface area (Å²) in [5.74, 6) is 0.0247. The van der Waals surface area contributed by atoms with E-state index in [4.69, 9.17) is 5.14 Å². The topological polar surface area (TPSA) is 106 Å². The monoisotopic (exact) mass is 336 g/mol. The molecule has 1 saturated carbocycles. The molecule has 0 amide bonds. The molecule has 0 spiro atoms. The number of thioether (sulfide) groups is 1. The second-order valence-electron chi connectivity index (χ2n) is 4.56. The van der Waals surface area contributed by atoms with Crippen molar-refractivity contribution in [3.8, 4) is 0 Å². The fourth-order valence-electron chi connectivity index (χ4n) is 1.54. The van der Waals surface area contributed by atoms with Crippen LogP contribution in [0.1, 0.15) is 12.8 Å². The number of benzene rings is 1. The molecular formula is C11H16N2O4S3. The third-order valence-electron chi connectivity index (χ3n) is 2.66. The van der Waals surface area contributed by atoms with Gasteiger partial charge in [-0.15, -0.1) is 11.8 Å². The van der Waals surface area contributed by atoms with E-state index in [1.54, 1.807) is 18.2 Å². The van der Waals surface area contributed by atoms with Crippen molar-refractivity contribution < 1.29 is 16.8 Å². The highest BCUT2D eigenvalue weighted by molar-refractivity contribution is 8.01. The van der Waals surface area contributed by atoms with Gasteiger partial charge in [-0.2, -0.15) is 0 Å². The normalized spacial score (nSPS) is 16.2. The van der Waals surface area contributed by atoms with E-state index < -0.39 is 20.0 Å².